The molecule has 0 aliphatic rings. The van der Waals surface area contributed by atoms with E-state index in [9.17, 15) is 4.79 Å². The van der Waals surface area contributed by atoms with E-state index in [1.54, 1.807) is 0 Å². The molecule has 5 heteroatoms. The van der Waals surface area contributed by atoms with Crippen molar-refractivity contribution in [2.24, 2.45) is 5.73 Å². The van der Waals surface area contributed by atoms with Gasteiger partial charge in [-0.05, 0) is 30.5 Å². The van der Waals surface area contributed by atoms with Crippen molar-refractivity contribution >= 4 is 17.1 Å². The molecule has 1 atom stereocenters. The maximum absolute atomic E-state index is 10.4. The van der Waals surface area contributed by atoms with Gasteiger partial charge in [0.25, 0.3) is 0 Å². The predicted molar refractivity (Wildman–Crippen MR) is 62.4 cm³/mol. The normalized spacial score (nSPS) is 12.8. The Kier molecular flexibility index (Phi) is 3.39. The summed E-state index contributed by atoms with van der Waals surface area (Å²) in [5.74, 6) is -0.789. The van der Waals surface area contributed by atoms with Crippen molar-refractivity contribution < 1.29 is 14.3 Å². The Morgan fingerprint density at radius 1 is 1.53 bits per heavy atom. The number of aromatic nitrogens is 1. The van der Waals surface area contributed by atoms with Crippen LogP contribution in [0.2, 0.25) is 0 Å². The summed E-state index contributed by atoms with van der Waals surface area (Å²) in [5, 5.41) is 8.55. The summed E-state index contributed by atoms with van der Waals surface area (Å²) >= 11 is 0. The highest BCUT2D eigenvalue weighted by molar-refractivity contribution is 5.72. The Hall–Kier alpha value is -1.88. The first kappa shape index (κ1) is 11.6. The van der Waals surface area contributed by atoms with Crippen molar-refractivity contribution in [1.29, 1.82) is 0 Å². The number of nitrogens with two attached hydrogens (primary N) is 1. The van der Waals surface area contributed by atoms with Gasteiger partial charge in [-0.2, -0.15) is 0 Å². The molecule has 0 saturated carbocycles. The third kappa shape index (κ3) is 2.82. The van der Waals surface area contributed by atoms with Gasteiger partial charge in [0, 0.05) is 12.5 Å². The average Bonchev–Trinajstić information content (AvgIpc) is 2.75. The molecule has 1 aromatic carbocycles. The Bertz CT molecular complexity index is 521. The number of rotatable bonds is 5. The van der Waals surface area contributed by atoms with Gasteiger partial charge < -0.3 is 15.3 Å². The number of benzene rings is 1. The molecule has 0 aliphatic heterocycles. The molecule has 0 aliphatic carbocycles. The number of aliphatic carboxylic acids is 1. The monoisotopic (exact) mass is 234 g/mol. The van der Waals surface area contributed by atoms with Crippen LogP contribution in [0.5, 0.6) is 0 Å². The van der Waals surface area contributed by atoms with Crippen LogP contribution in [-0.2, 0) is 4.79 Å². The Labute approximate surface area is 98.2 Å². The molecule has 1 unspecified atom stereocenters. The molecular weight excluding hydrogens is 220 g/mol. The van der Waals surface area contributed by atoms with Crippen molar-refractivity contribution in [3.63, 3.8) is 0 Å². The third-order valence-electron chi connectivity index (χ3n) is 2.69. The first-order valence-electron chi connectivity index (χ1n) is 5.47. The molecule has 17 heavy (non-hydrogen) atoms. The minimum absolute atomic E-state index is 0.151. The molecule has 90 valence electrons. The van der Waals surface area contributed by atoms with Crippen LogP contribution in [0.1, 0.15) is 30.9 Å². The van der Waals surface area contributed by atoms with Crippen LogP contribution in [-0.4, -0.2) is 16.1 Å². The number of oxazole rings is 1. The molecule has 2 aromatic rings. The first-order chi connectivity index (χ1) is 8.16. The Balaban J connectivity index is 2.02. The number of carbonyl (C=O) groups is 1. The van der Waals surface area contributed by atoms with E-state index in [1.807, 2.05) is 18.2 Å². The highest BCUT2D eigenvalue weighted by Gasteiger charge is 2.09. The minimum atomic E-state index is -0.789. The van der Waals surface area contributed by atoms with Crippen molar-refractivity contribution in [3.05, 3.63) is 30.2 Å². The maximum Gasteiger partial charge on any atom is 0.303 e. The lowest BCUT2D eigenvalue weighted by molar-refractivity contribution is -0.137. The standard InChI is InChI=1S/C12H14N2O3/c13-9(2-1-3-12(15)16)8-4-5-10-11(6-8)17-7-14-10/h4-7,9H,1-3,13H2,(H,15,16). The number of carboxylic acid groups (broad SMARTS) is 1. The molecule has 3 N–H and O–H groups in total. The van der Waals surface area contributed by atoms with Crippen LogP contribution < -0.4 is 5.73 Å². The summed E-state index contributed by atoms with van der Waals surface area (Å²) in [7, 11) is 0. The van der Waals surface area contributed by atoms with E-state index in [-0.39, 0.29) is 12.5 Å². The highest BCUT2D eigenvalue weighted by Crippen LogP contribution is 2.21. The summed E-state index contributed by atoms with van der Waals surface area (Å²) in [4.78, 5) is 14.4. The van der Waals surface area contributed by atoms with Crippen molar-refractivity contribution in [1.82, 2.24) is 4.98 Å². The summed E-state index contributed by atoms with van der Waals surface area (Å²) < 4.78 is 5.19. The second-order valence-corrected chi connectivity index (χ2v) is 3.97. The second-order valence-electron chi connectivity index (χ2n) is 3.97. The smallest absolute Gasteiger partial charge is 0.303 e. The summed E-state index contributed by atoms with van der Waals surface area (Å²) in [6.45, 7) is 0. The first-order valence-corrected chi connectivity index (χ1v) is 5.47. The van der Waals surface area contributed by atoms with Crippen LogP contribution in [0, 0.1) is 0 Å². The number of fused-ring (bicyclic) bond motifs is 1. The van der Waals surface area contributed by atoms with E-state index in [1.165, 1.54) is 6.39 Å². The van der Waals surface area contributed by atoms with Gasteiger partial charge in [-0.1, -0.05) is 6.07 Å². The highest BCUT2D eigenvalue weighted by atomic mass is 16.4. The van der Waals surface area contributed by atoms with Crippen LogP contribution in [0.25, 0.3) is 11.1 Å². The number of hydrogen-bond donors (Lipinski definition) is 2. The zero-order valence-corrected chi connectivity index (χ0v) is 9.30. The fourth-order valence-electron chi connectivity index (χ4n) is 1.74. The molecule has 5 nitrogen and oxygen atoms in total. The zero-order valence-electron chi connectivity index (χ0n) is 9.30. The van der Waals surface area contributed by atoms with E-state index in [0.29, 0.717) is 18.4 Å². The van der Waals surface area contributed by atoms with Gasteiger partial charge in [0.1, 0.15) is 5.52 Å². The lowest BCUT2D eigenvalue weighted by Gasteiger charge is -2.10. The Morgan fingerprint density at radius 2 is 2.35 bits per heavy atom. The van der Waals surface area contributed by atoms with Crippen LogP contribution in [0.15, 0.2) is 29.0 Å². The van der Waals surface area contributed by atoms with Gasteiger partial charge in [0.05, 0.1) is 0 Å². The molecule has 0 saturated heterocycles. The Morgan fingerprint density at radius 3 is 3.12 bits per heavy atom. The fraction of sp³-hybridized carbons (Fsp3) is 0.333. The second kappa shape index (κ2) is 4.97. The van der Waals surface area contributed by atoms with E-state index in [0.717, 1.165) is 11.1 Å². The van der Waals surface area contributed by atoms with Crippen molar-refractivity contribution in [2.45, 2.75) is 25.3 Å². The zero-order chi connectivity index (χ0) is 12.3. The average molecular weight is 234 g/mol. The van der Waals surface area contributed by atoms with E-state index in [4.69, 9.17) is 15.3 Å². The molecule has 0 radical (unpaired) electrons. The maximum atomic E-state index is 10.4. The van der Waals surface area contributed by atoms with Crippen molar-refractivity contribution in [3.8, 4) is 0 Å². The fourth-order valence-corrected chi connectivity index (χ4v) is 1.74. The lowest BCUT2D eigenvalue weighted by Crippen LogP contribution is -2.10. The molecule has 1 aromatic heterocycles. The third-order valence-corrected chi connectivity index (χ3v) is 2.69. The molecule has 2 rings (SSSR count). The summed E-state index contributed by atoms with van der Waals surface area (Å²) in [5.41, 5.74) is 8.43. The van der Waals surface area contributed by atoms with E-state index >= 15 is 0 Å². The molecule has 0 bridgehead atoms. The molecule has 1 heterocycles. The number of hydrogen-bond acceptors (Lipinski definition) is 4. The van der Waals surface area contributed by atoms with E-state index in [2.05, 4.69) is 4.98 Å². The quantitative estimate of drug-likeness (QED) is 0.826. The predicted octanol–water partition coefficient (Wildman–Crippen LogP) is 2.08. The molecule has 0 fully saturated rings. The van der Waals surface area contributed by atoms with Crippen LogP contribution in [0.3, 0.4) is 0 Å². The van der Waals surface area contributed by atoms with Gasteiger partial charge in [-0.25, -0.2) is 4.98 Å². The van der Waals surface area contributed by atoms with Gasteiger partial charge >= 0.3 is 5.97 Å². The number of carboxylic acids is 1. The number of nitrogens with zero attached hydrogens (tertiary/aromatic N) is 1. The van der Waals surface area contributed by atoms with Gasteiger partial charge in [-0.15, -0.1) is 0 Å². The van der Waals surface area contributed by atoms with Gasteiger partial charge in [0.2, 0.25) is 0 Å². The molecule has 0 spiro atoms. The lowest BCUT2D eigenvalue weighted by atomic mass is 10.0. The van der Waals surface area contributed by atoms with Crippen molar-refractivity contribution in [2.75, 3.05) is 0 Å². The molecular formula is C12H14N2O3. The minimum Gasteiger partial charge on any atom is -0.481 e. The van der Waals surface area contributed by atoms with Crippen LogP contribution in [0.4, 0.5) is 0 Å². The summed E-state index contributed by atoms with van der Waals surface area (Å²) in [6, 6.07) is 5.44. The van der Waals surface area contributed by atoms with Gasteiger partial charge in [-0.3, -0.25) is 4.79 Å². The van der Waals surface area contributed by atoms with Crippen LogP contribution >= 0.6 is 0 Å². The SMILES string of the molecule is NC(CCCC(=O)O)c1ccc2ncoc2c1. The molecule has 0 amide bonds. The van der Waals surface area contributed by atoms with E-state index < -0.39 is 5.97 Å². The van der Waals surface area contributed by atoms with Gasteiger partial charge in [0.15, 0.2) is 12.0 Å². The largest absolute Gasteiger partial charge is 0.481 e. The topological polar surface area (TPSA) is 89.4 Å². The summed E-state index contributed by atoms with van der Waals surface area (Å²) in [6.07, 6.45) is 2.76.